The maximum atomic E-state index is 12.4. The monoisotopic (exact) mass is 374 g/mol. The number of rotatable bonds is 4. The van der Waals surface area contributed by atoms with Gasteiger partial charge in [-0.1, -0.05) is 36.4 Å². The van der Waals surface area contributed by atoms with Gasteiger partial charge in [-0.25, -0.2) is 0 Å². The normalized spacial score (nSPS) is 22.0. The molecule has 0 bridgehead atoms. The van der Waals surface area contributed by atoms with Crippen LogP contribution in [0, 0.1) is 5.41 Å². The van der Waals surface area contributed by atoms with E-state index < -0.39 is 15.7 Å². The number of carbonyl (C=O) groups is 2. The molecule has 0 aromatic heterocycles. The highest BCUT2D eigenvalue weighted by Crippen LogP contribution is 2.64. The first kappa shape index (κ1) is 16.6. The van der Waals surface area contributed by atoms with Crippen molar-refractivity contribution in [2.45, 2.75) is 24.1 Å². The minimum atomic E-state index is -1.09. The number of ether oxygens (including phenoxy) is 1. The van der Waals surface area contributed by atoms with Crippen molar-refractivity contribution in [2.75, 3.05) is 6.61 Å². The summed E-state index contributed by atoms with van der Waals surface area (Å²) in [6.45, 7) is 1.34. The lowest BCUT2D eigenvalue weighted by atomic mass is 10.0. The molecule has 2 aromatic rings. The third-order valence-electron chi connectivity index (χ3n) is 5.16. The lowest BCUT2D eigenvalue weighted by molar-refractivity contribution is -0.148. The number of halogens is 2. The van der Waals surface area contributed by atoms with Crippen LogP contribution in [0.15, 0.2) is 42.5 Å². The smallest absolute Gasteiger partial charge is 0.315 e. The Labute approximate surface area is 155 Å². The highest BCUT2D eigenvalue weighted by molar-refractivity contribution is 6.53. The van der Waals surface area contributed by atoms with Crippen molar-refractivity contribution in [3.63, 3.8) is 0 Å². The van der Waals surface area contributed by atoms with Gasteiger partial charge in [0.1, 0.15) is 9.75 Å². The van der Waals surface area contributed by atoms with E-state index in [2.05, 4.69) is 12.1 Å². The molecule has 0 spiro atoms. The van der Waals surface area contributed by atoms with E-state index in [-0.39, 0.29) is 12.4 Å². The Balaban J connectivity index is 1.49. The lowest BCUT2D eigenvalue weighted by Crippen LogP contribution is -2.24. The van der Waals surface area contributed by atoms with Crippen LogP contribution in [0.3, 0.4) is 0 Å². The van der Waals surface area contributed by atoms with Crippen molar-refractivity contribution in [2.24, 2.45) is 5.41 Å². The summed E-state index contributed by atoms with van der Waals surface area (Å²) in [7, 11) is 0. The van der Waals surface area contributed by atoms with E-state index in [1.807, 2.05) is 24.3 Å². The molecule has 4 rings (SSSR count). The molecule has 0 radical (unpaired) electrons. The average molecular weight is 375 g/mol. The summed E-state index contributed by atoms with van der Waals surface area (Å²) in [6, 6.07) is 13.8. The van der Waals surface area contributed by atoms with Crippen molar-refractivity contribution in [3.8, 4) is 11.1 Å². The Hall–Kier alpha value is -1.84. The molecule has 0 amide bonds. The quantitative estimate of drug-likeness (QED) is 0.381. The molecule has 2 aromatic carbocycles. The van der Waals surface area contributed by atoms with Gasteiger partial charge >= 0.3 is 5.97 Å². The Bertz CT molecular complexity index is 904. The molecule has 2 aliphatic rings. The molecule has 2 aliphatic carbocycles. The number of hydrogen-bond acceptors (Lipinski definition) is 3. The Morgan fingerprint density at radius 1 is 1.08 bits per heavy atom. The van der Waals surface area contributed by atoms with Gasteiger partial charge in [0, 0.05) is 12.0 Å². The number of carbonyl (C=O) groups excluding carboxylic acids is 2. The lowest BCUT2D eigenvalue weighted by Gasteiger charge is -2.11. The third kappa shape index (κ3) is 2.66. The van der Waals surface area contributed by atoms with Crippen molar-refractivity contribution in [1.29, 1.82) is 0 Å². The van der Waals surface area contributed by atoms with E-state index in [1.54, 1.807) is 13.0 Å². The van der Waals surface area contributed by atoms with Gasteiger partial charge < -0.3 is 4.74 Å². The Morgan fingerprint density at radius 3 is 2.48 bits per heavy atom. The first-order valence-corrected chi connectivity index (χ1v) is 8.87. The second kappa shape index (κ2) is 5.58. The van der Waals surface area contributed by atoms with Gasteiger partial charge in [-0.05, 0) is 41.7 Å². The number of fused-ring (bicyclic) bond motifs is 3. The van der Waals surface area contributed by atoms with Crippen LogP contribution in [0.4, 0.5) is 0 Å². The van der Waals surface area contributed by atoms with Gasteiger partial charge in [0.15, 0.2) is 12.4 Å². The maximum absolute atomic E-state index is 12.4. The number of ketones is 1. The zero-order valence-corrected chi connectivity index (χ0v) is 15.2. The van der Waals surface area contributed by atoms with E-state index in [1.165, 1.54) is 11.1 Å². The van der Waals surface area contributed by atoms with Crippen LogP contribution < -0.4 is 0 Å². The molecule has 0 saturated heterocycles. The molecule has 0 heterocycles. The highest BCUT2D eigenvalue weighted by Gasteiger charge is 2.69. The van der Waals surface area contributed by atoms with E-state index >= 15 is 0 Å². The Kier molecular flexibility index (Phi) is 3.71. The van der Waals surface area contributed by atoms with E-state index in [0.29, 0.717) is 12.0 Å². The predicted octanol–water partition coefficient (Wildman–Crippen LogP) is 4.57. The summed E-state index contributed by atoms with van der Waals surface area (Å²) in [5, 5.41) is 0. The van der Waals surface area contributed by atoms with Crippen LogP contribution in [0.1, 0.15) is 34.8 Å². The molecule has 25 heavy (non-hydrogen) atoms. The molecule has 1 fully saturated rings. The molecule has 1 atom stereocenters. The second-order valence-corrected chi connectivity index (χ2v) is 8.40. The van der Waals surface area contributed by atoms with Gasteiger partial charge in [-0.2, -0.15) is 0 Å². The zero-order chi connectivity index (χ0) is 17.8. The molecule has 5 heteroatoms. The van der Waals surface area contributed by atoms with Crippen LogP contribution in [0.5, 0.6) is 0 Å². The molecular formula is C20H16Cl2O3. The zero-order valence-electron chi connectivity index (χ0n) is 13.6. The number of hydrogen-bond donors (Lipinski definition) is 0. The third-order valence-corrected chi connectivity index (χ3v) is 6.26. The standard InChI is InChI=1S/C20H16Cl2O3/c1-19(11-20(19,21)22)18(24)25-10-17(23)14-7-6-13-8-12-4-2-3-5-15(12)16(13)9-14/h2-7,9H,8,10-11H2,1H3/t19-/m1/s1. The summed E-state index contributed by atoms with van der Waals surface area (Å²) in [5.74, 6) is -0.767. The summed E-state index contributed by atoms with van der Waals surface area (Å²) in [5.41, 5.74) is 4.30. The fourth-order valence-corrected chi connectivity index (χ4v) is 3.98. The summed E-state index contributed by atoms with van der Waals surface area (Å²) in [4.78, 5) is 24.5. The summed E-state index contributed by atoms with van der Waals surface area (Å²) >= 11 is 11.9. The fourth-order valence-electron chi connectivity index (χ4n) is 3.29. The SMILES string of the molecule is C[C@]1(C(=O)OCC(=O)c2ccc3c(c2)-c2ccccc2C3)CC1(Cl)Cl. The highest BCUT2D eigenvalue weighted by atomic mass is 35.5. The molecule has 0 aliphatic heterocycles. The van der Waals surface area contributed by atoms with E-state index in [4.69, 9.17) is 27.9 Å². The van der Waals surface area contributed by atoms with Crippen molar-refractivity contribution in [1.82, 2.24) is 0 Å². The van der Waals surface area contributed by atoms with Gasteiger partial charge in [-0.15, -0.1) is 23.2 Å². The molecule has 0 unspecified atom stereocenters. The van der Waals surface area contributed by atoms with Crippen LogP contribution >= 0.6 is 23.2 Å². The van der Waals surface area contributed by atoms with Crippen molar-refractivity contribution >= 4 is 35.0 Å². The van der Waals surface area contributed by atoms with Crippen molar-refractivity contribution in [3.05, 3.63) is 59.2 Å². The Morgan fingerprint density at radius 2 is 1.76 bits per heavy atom. The molecule has 128 valence electrons. The van der Waals surface area contributed by atoms with Crippen LogP contribution in [-0.4, -0.2) is 22.7 Å². The van der Waals surface area contributed by atoms with Crippen LogP contribution in [0.2, 0.25) is 0 Å². The summed E-state index contributed by atoms with van der Waals surface area (Å²) < 4.78 is 4.06. The number of esters is 1. The van der Waals surface area contributed by atoms with Gasteiger partial charge in [0.25, 0.3) is 0 Å². The van der Waals surface area contributed by atoms with Gasteiger partial charge in [0.05, 0.1) is 0 Å². The predicted molar refractivity (Wildman–Crippen MR) is 97.1 cm³/mol. The molecule has 1 saturated carbocycles. The molecule has 3 nitrogen and oxygen atoms in total. The minimum absolute atomic E-state index is 0.237. The van der Waals surface area contributed by atoms with E-state index in [9.17, 15) is 9.59 Å². The number of alkyl halides is 2. The van der Waals surface area contributed by atoms with Crippen molar-refractivity contribution < 1.29 is 14.3 Å². The first-order chi connectivity index (χ1) is 11.8. The number of Topliss-reactive ketones (excluding diaryl/α,β-unsaturated/α-hetero) is 1. The average Bonchev–Trinajstić information content (AvgIpc) is 2.95. The van der Waals surface area contributed by atoms with Gasteiger partial charge in [-0.3, -0.25) is 9.59 Å². The van der Waals surface area contributed by atoms with E-state index in [0.717, 1.165) is 17.5 Å². The fraction of sp³-hybridized carbons (Fsp3) is 0.300. The summed E-state index contributed by atoms with van der Waals surface area (Å²) in [6.07, 6.45) is 1.21. The molecule has 0 N–H and O–H groups in total. The first-order valence-electron chi connectivity index (χ1n) is 8.11. The molecular weight excluding hydrogens is 359 g/mol. The van der Waals surface area contributed by atoms with Crippen LogP contribution in [0.25, 0.3) is 11.1 Å². The number of benzene rings is 2. The van der Waals surface area contributed by atoms with Crippen LogP contribution in [-0.2, 0) is 16.0 Å². The maximum Gasteiger partial charge on any atom is 0.315 e. The second-order valence-electron chi connectivity index (χ2n) is 6.92. The largest absolute Gasteiger partial charge is 0.457 e. The topological polar surface area (TPSA) is 43.4 Å². The van der Waals surface area contributed by atoms with Gasteiger partial charge in [0.2, 0.25) is 0 Å². The minimum Gasteiger partial charge on any atom is -0.457 e.